The zero-order valence-corrected chi connectivity index (χ0v) is 14.6. The summed E-state index contributed by atoms with van der Waals surface area (Å²) in [7, 11) is -3.23. The number of sulfonamides is 1. The smallest absolute Gasteiger partial charge is 0.358 e. The molecule has 1 aromatic carbocycles. The molecule has 0 atom stereocenters. The van der Waals surface area contributed by atoms with Crippen molar-refractivity contribution in [2.24, 2.45) is 4.99 Å². The number of urea groups is 1. The van der Waals surface area contributed by atoms with Crippen LogP contribution in [-0.4, -0.2) is 60.5 Å². The summed E-state index contributed by atoms with van der Waals surface area (Å²) in [5.41, 5.74) is -0.150. The van der Waals surface area contributed by atoms with Crippen molar-refractivity contribution in [2.45, 2.75) is 11.8 Å². The predicted molar refractivity (Wildman–Crippen MR) is 87.7 cm³/mol. The number of nitrogens with zero attached hydrogens (tertiary/aromatic N) is 3. The Labute approximate surface area is 148 Å². The second-order valence-electron chi connectivity index (χ2n) is 5.02. The molecular weight excluding hydrogens is 368 g/mol. The number of amides is 2. The Kier molecular flexibility index (Phi) is 5.59. The highest BCUT2D eigenvalue weighted by atomic mass is 32.2. The fourth-order valence-electron chi connectivity index (χ4n) is 2.07. The largest absolute Gasteiger partial charge is 0.478 e. The minimum Gasteiger partial charge on any atom is -0.478 e. The number of allylic oxidation sites excluding steroid dienone is 1. The summed E-state index contributed by atoms with van der Waals surface area (Å²) < 4.78 is 26.3. The highest BCUT2D eigenvalue weighted by Crippen LogP contribution is 2.16. The van der Waals surface area contributed by atoms with Gasteiger partial charge in [-0.05, 0) is 25.1 Å². The zero-order chi connectivity index (χ0) is 19.5. The van der Waals surface area contributed by atoms with Crippen LogP contribution in [0.5, 0.6) is 0 Å². The fourth-order valence-corrected chi connectivity index (χ4v) is 3.16. The average Bonchev–Trinajstić information content (AvgIpc) is 2.58. The monoisotopic (exact) mass is 384 g/mol. The van der Waals surface area contributed by atoms with E-state index < -0.39 is 32.5 Å². The van der Waals surface area contributed by atoms with Gasteiger partial charge in [-0.3, -0.25) is 10.0 Å². The molecule has 2 rings (SSSR count). The number of aliphatic imine (C=N–C) groups is 1. The molecule has 26 heavy (non-hydrogen) atoms. The number of nitrogens with one attached hydrogen (secondary N) is 1. The van der Waals surface area contributed by atoms with E-state index in [1.54, 1.807) is 17.7 Å². The van der Waals surface area contributed by atoms with Crippen LogP contribution in [-0.2, 0) is 14.9 Å². The molecule has 1 heterocycles. The second kappa shape index (κ2) is 7.51. The van der Waals surface area contributed by atoms with Crippen LogP contribution in [0.4, 0.5) is 4.79 Å². The van der Waals surface area contributed by atoms with E-state index in [0.717, 1.165) is 17.2 Å². The number of carboxylic acids is 1. The van der Waals surface area contributed by atoms with E-state index in [-0.39, 0.29) is 12.5 Å². The molecule has 1 aliphatic rings. The number of carbonyl (C=O) groups excluding carboxylic acids is 1. The number of carbonyl (C=O) groups is 2. The van der Waals surface area contributed by atoms with Crippen LogP contribution in [0.3, 0.4) is 0 Å². The lowest BCUT2D eigenvalue weighted by atomic mass is 10.2. The molecule has 0 saturated heterocycles. The highest BCUT2D eigenvalue weighted by molar-refractivity contribution is 7.90. The Morgan fingerprint density at radius 3 is 2.58 bits per heavy atom. The lowest BCUT2D eigenvalue weighted by molar-refractivity contribution is -0.103. The maximum absolute atomic E-state index is 12.3. The van der Waals surface area contributed by atoms with E-state index in [1.807, 2.05) is 0 Å². The number of hydroxylamine groups is 4. The van der Waals surface area contributed by atoms with Gasteiger partial charge in [-0.25, -0.2) is 27.8 Å². The summed E-state index contributed by atoms with van der Waals surface area (Å²) in [5.74, 6) is -1.82. The van der Waals surface area contributed by atoms with E-state index in [1.165, 1.54) is 19.2 Å². The van der Waals surface area contributed by atoms with E-state index in [0.29, 0.717) is 10.8 Å². The molecule has 0 fully saturated rings. The van der Waals surface area contributed by atoms with Gasteiger partial charge in [-0.1, -0.05) is 12.1 Å². The molecule has 0 saturated carbocycles. The third-order valence-electron chi connectivity index (χ3n) is 3.35. The van der Waals surface area contributed by atoms with Gasteiger partial charge in [0, 0.05) is 5.70 Å². The first kappa shape index (κ1) is 19.4. The molecule has 3 N–H and O–H groups in total. The zero-order valence-electron chi connectivity index (χ0n) is 13.8. The number of hydrogen-bond donors (Lipinski definition) is 3. The number of benzene rings is 1. The average molecular weight is 384 g/mol. The van der Waals surface area contributed by atoms with Crippen molar-refractivity contribution in [3.8, 4) is 0 Å². The molecule has 12 heteroatoms. The summed E-state index contributed by atoms with van der Waals surface area (Å²) in [5, 5.41) is 20.6. The molecule has 0 aliphatic carbocycles. The lowest BCUT2D eigenvalue weighted by Crippen LogP contribution is -2.46. The first-order chi connectivity index (χ1) is 12.2. The third-order valence-corrected chi connectivity index (χ3v) is 4.73. The van der Waals surface area contributed by atoms with Crippen LogP contribution in [0, 0.1) is 0 Å². The Morgan fingerprint density at radius 1 is 1.31 bits per heavy atom. The molecule has 2 amide bonds. The first-order valence-electron chi connectivity index (χ1n) is 7.12. The molecule has 0 radical (unpaired) electrons. The van der Waals surface area contributed by atoms with Gasteiger partial charge in [-0.15, -0.1) is 0 Å². The minimum atomic E-state index is -4.50. The maximum atomic E-state index is 12.3. The number of guanidine groups is 1. The van der Waals surface area contributed by atoms with Crippen LogP contribution in [0.25, 0.3) is 0 Å². The fraction of sp³-hybridized carbons (Fsp3) is 0.214. The second-order valence-corrected chi connectivity index (χ2v) is 6.68. The van der Waals surface area contributed by atoms with Crippen LogP contribution < -0.4 is 4.72 Å². The molecule has 0 spiro atoms. The summed E-state index contributed by atoms with van der Waals surface area (Å²) >= 11 is 0. The number of hydrogen-bond acceptors (Lipinski definition) is 6. The minimum absolute atomic E-state index is 0.167. The lowest BCUT2D eigenvalue weighted by Gasteiger charge is -2.31. The molecule has 0 aromatic heterocycles. The van der Waals surface area contributed by atoms with Crippen molar-refractivity contribution in [3.63, 3.8) is 0 Å². The number of aromatic carboxylic acids is 1. The molecular formula is C14H16N4O7S. The number of rotatable bonds is 4. The molecule has 140 valence electrons. The maximum Gasteiger partial charge on any atom is 0.358 e. The highest BCUT2D eigenvalue weighted by Gasteiger charge is 2.27. The van der Waals surface area contributed by atoms with Gasteiger partial charge in [0.15, 0.2) is 0 Å². The van der Waals surface area contributed by atoms with Gasteiger partial charge in [0.1, 0.15) is 4.90 Å². The van der Waals surface area contributed by atoms with Crippen molar-refractivity contribution >= 4 is 28.0 Å². The van der Waals surface area contributed by atoms with Gasteiger partial charge in [0.05, 0.1) is 19.2 Å². The van der Waals surface area contributed by atoms with Crippen LogP contribution in [0.15, 0.2) is 45.9 Å². The van der Waals surface area contributed by atoms with Gasteiger partial charge in [0.2, 0.25) is 0 Å². The summed E-state index contributed by atoms with van der Waals surface area (Å²) in [6, 6.07) is 3.46. The quantitative estimate of drug-likeness (QED) is 0.678. The van der Waals surface area contributed by atoms with Crippen molar-refractivity contribution in [2.75, 3.05) is 13.7 Å². The van der Waals surface area contributed by atoms with Crippen LogP contribution in [0.1, 0.15) is 17.3 Å². The van der Waals surface area contributed by atoms with Crippen molar-refractivity contribution in [1.29, 1.82) is 0 Å². The SMILES string of the molecule is CON1CC=C(C)N(O)C1=NC(=O)NS(=O)(=O)c1ccccc1C(=O)O. The molecule has 0 unspecified atom stereocenters. The summed E-state index contributed by atoms with van der Waals surface area (Å²) in [4.78, 5) is 31.0. The van der Waals surface area contributed by atoms with Gasteiger partial charge < -0.3 is 5.11 Å². The van der Waals surface area contributed by atoms with Gasteiger partial charge >= 0.3 is 12.0 Å². The molecule has 1 aliphatic heterocycles. The topological polar surface area (TPSA) is 149 Å². The number of carboxylic acid groups (broad SMARTS) is 1. The van der Waals surface area contributed by atoms with Gasteiger partial charge in [0.25, 0.3) is 16.0 Å². The van der Waals surface area contributed by atoms with Crippen LogP contribution >= 0.6 is 0 Å². The molecule has 0 bridgehead atoms. The van der Waals surface area contributed by atoms with E-state index in [4.69, 9.17) is 9.94 Å². The first-order valence-corrected chi connectivity index (χ1v) is 8.61. The van der Waals surface area contributed by atoms with E-state index >= 15 is 0 Å². The van der Waals surface area contributed by atoms with Gasteiger partial charge in [-0.2, -0.15) is 10.1 Å². The molecule has 1 aromatic rings. The predicted octanol–water partition coefficient (Wildman–Crippen LogP) is 0.611. The van der Waals surface area contributed by atoms with E-state index in [9.17, 15) is 23.2 Å². The Hall–Kier alpha value is -2.96. The Balaban J connectivity index is 2.32. The Morgan fingerprint density at radius 2 is 1.96 bits per heavy atom. The Bertz CT molecular complexity index is 894. The standard InChI is InChI=1S/C14H16N4O7S/c1-9-7-8-17(25-2)14(18(9)22)15-13(21)16-26(23,24)11-6-4-3-5-10(11)12(19)20/h3-7,22H,8H2,1-2H3,(H,16,21)(H,19,20). The van der Waals surface area contributed by atoms with Crippen molar-refractivity contribution < 1.29 is 33.2 Å². The van der Waals surface area contributed by atoms with Crippen molar-refractivity contribution in [3.05, 3.63) is 41.6 Å². The van der Waals surface area contributed by atoms with Crippen LogP contribution in [0.2, 0.25) is 0 Å². The summed E-state index contributed by atoms with van der Waals surface area (Å²) in [6.07, 6.45) is 1.58. The van der Waals surface area contributed by atoms with Crippen molar-refractivity contribution in [1.82, 2.24) is 14.8 Å². The molecule has 11 nitrogen and oxygen atoms in total. The normalized spacial score (nSPS) is 16.4. The van der Waals surface area contributed by atoms with E-state index in [2.05, 4.69) is 4.99 Å². The summed E-state index contributed by atoms with van der Waals surface area (Å²) in [6.45, 7) is 1.71. The third kappa shape index (κ3) is 3.99.